The second-order valence-electron chi connectivity index (χ2n) is 9.79. The summed E-state index contributed by atoms with van der Waals surface area (Å²) in [6.07, 6.45) is -4.31. The van der Waals surface area contributed by atoms with Gasteiger partial charge in [0, 0.05) is 26.2 Å². The molecule has 13 heteroatoms. The first-order valence-corrected chi connectivity index (χ1v) is 14.3. The number of likely N-dealkylation sites (tertiary alicyclic amines) is 1. The lowest BCUT2D eigenvalue weighted by atomic mass is 10.0. The summed E-state index contributed by atoms with van der Waals surface area (Å²) in [6.45, 7) is 3.49. The van der Waals surface area contributed by atoms with Crippen molar-refractivity contribution in [3.63, 3.8) is 0 Å². The van der Waals surface area contributed by atoms with Crippen LogP contribution in [0.4, 0.5) is 18.9 Å². The number of β-amino-alcohol motifs (C(OH)–C–C–N with tert-alkyl or cyclic N) is 1. The molecule has 4 rings (SSSR count). The van der Waals surface area contributed by atoms with E-state index in [9.17, 15) is 37.0 Å². The molecule has 2 aliphatic rings. The molecule has 4 N–H and O–H groups in total. The molecule has 2 amide bonds. The highest BCUT2D eigenvalue weighted by Gasteiger charge is 2.34. The normalized spacial score (nSPS) is 20.6. The smallest absolute Gasteiger partial charge is 0.406 e. The molecule has 9 nitrogen and oxygen atoms in total. The number of ether oxygens (including phenoxy) is 1. The van der Waals surface area contributed by atoms with Gasteiger partial charge >= 0.3 is 6.36 Å². The van der Waals surface area contributed by atoms with Crippen molar-refractivity contribution in [1.82, 2.24) is 9.80 Å². The maximum absolute atomic E-state index is 13.7. The Bertz CT molecular complexity index is 1210. The van der Waals surface area contributed by atoms with Crippen molar-refractivity contribution < 1.29 is 41.7 Å². The maximum Gasteiger partial charge on any atom is 0.573 e. The molecule has 214 valence electrons. The minimum Gasteiger partial charge on any atom is -0.406 e. The Morgan fingerprint density at radius 1 is 1.26 bits per heavy atom. The number of carbonyl (C=O) groups excluding carboxylic acids is 2. The van der Waals surface area contributed by atoms with E-state index in [1.54, 1.807) is 17.0 Å². The second kappa shape index (κ2) is 11.7. The van der Waals surface area contributed by atoms with Crippen molar-refractivity contribution in [2.45, 2.75) is 49.6 Å². The number of amides is 2. The van der Waals surface area contributed by atoms with E-state index in [0.717, 1.165) is 0 Å². The van der Waals surface area contributed by atoms with Gasteiger partial charge in [0.25, 0.3) is 0 Å². The first kappa shape index (κ1) is 29.2. The minimum absolute atomic E-state index is 0.0831. The fraction of sp³-hybridized carbons (Fsp3) is 0.462. The molecule has 2 aromatic carbocycles. The molecule has 0 aliphatic carbocycles. The third kappa shape index (κ3) is 7.42. The molecule has 1 fully saturated rings. The Labute approximate surface area is 225 Å². The molecular weight excluding hydrogens is 539 g/mol. The first-order chi connectivity index (χ1) is 18.3. The van der Waals surface area contributed by atoms with Gasteiger partial charge in [0.05, 0.1) is 29.1 Å². The van der Waals surface area contributed by atoms with Crippen molar-refractivity contribution in [3.05, 3.63) is 53.6 Å². The van der Waals surface area contributed by atoms with Gasteiger partial charge in [0.1, 0.15) is 11.5 Å². The molecule has 2 aromatic rings. The van der Waals surface area contributed by atoms with E-state index in [1.807, 2.05) is 11.8 Å². The minimum atomic E-state index is -4.86. The molecule has 2 aliphatic heterocycles. The summed E-state index contributed by atoms with van der Waals surface area (Å²) >= 11 is 0. The van der Waals surface area contributed by atoms with Crippen LogP contribution in [0.15, 0.2) is 47.4 Å². The molecule has 0 spiro atoms. The number of nitrogens with one attached hydrogen (secondary N) is 1. The number of anilines is 1. The van der Waals surface area contributed by atoms with Gasteiger partial charge in [0.15, 0.2) is 0 Å². The second-order valence-corrected chi connectivity index (χ2v) is 11.9. The number of benzene rings is 2. The number of alkyl halides is 3. The SMILES string of the molecule is CCCN(C(=O)Cc1ccc2c(c1)NC(=O)CS2(O)O)[C@H](CN1CCC(O)C1)c1cccc(OC(F)(F)F)c1. The highest BCUT2D eigenvalue weighted by atomic mass is 32.3. The molecule has 0 radical (unpaired) electrons. The average Bonchev–Trinajstić information content (AvgIpc) is 3.24. The number of fused-ring (bicyclic) bond motifs is 1. The van der Waals surface area contributed by atoms with E-state index in [4.69, 9.17) is 0 Å². The van der Waals surface area contributed by atoms with Crippen LogP contribution in [0.25, 0.3) is 0 Å². The van der Waals surface area contributed by atoms with Crippen LogP contribution in [0.2, 0.25) is 0 Å². The van der Waals surface area contributed by atoms with Crippen LogP contribution in [0.5, 0.6) is 5.75 Å². The van der Waals surface area contributed by atoms with E-state index < -0.39 is 40.8 Å². The standard InChI is InChI=1S/C26H32F3N3O6S/c1-2-9-32(25(35)12-17-6-7-23-21(11-17)30-24(34)16-39(23,36)37)22(15-31-10-8-19(33)14-31)18-4-3-5-20(13-18)38-26(27,28)29/h3-7,11,13,19,22,33,36-37H,2,8-10,12,14-16H2,1H3,(H,30,34)/t19?,22-/m1/s1. The van der Waals surface area contributed by atoms with E-state index in [2.05, 4.69) is 10.1 Å². The zero-order valence-electron chi connectivity index (χ0n) is 21.4. The molecule has 2 atom stereocenters. The topological polar surface area (TPSA) is 123 Å². The molecular formula is C26H32F3N3O6S. The van der Waals surface area contributed by atoms with Gasteiger partial charge in [-0.3, -0.25) is 23.6 Å². The number of hydrogen-bond donors (Lipinski definition) is 4. The summed E-state index contributed by atoms with van der Waals surface area (Å²) in [5.74, 6) is -1.64. The van der Waals surface area contributed by atoms with Crippen molar-refractivity contribution in [2.24, 2.45) is 0 Å². The van der Waals surface area contributed by atoms with Crippen molar-refractivity contribution in [1.29, 1.82) is 0 Å². The van der Waals surface area contributed by atoms with Crippen molar-refractivity contribution >= 4 is 28.1 Å². The Morgan fingerprint density at radius 3 is 2.69 bits per heavy atom. The third-order valence-corrected chi connectivity index (χ3v) is 8.40. The van der Waals surface area contributed by atoms with Gasteiger partial charge in [-0.2, -0.15) is 10.6 Å². The summed E-state index contributed by atoms with van der Waals surface area (Å²) in [6, 6.07) is 9.56. The lowest BCUT2D eigenvalue weighted by Crippen LogP contribution is -2.42. The molecule has 39 heavy (non-hydrogen) atoms. The highest BCUT2D eigenvalue weighted by Crippen LogP contribution is 2.53. The number of carbonyl (C=O) groups is 2. The Balaban J connectivity index is 1.63. The van der Waals surface area contributed by atoms with Gasteiger partial charge in [0.2, 0.25) is 11.8 Å². The predicted octanol–water partition coefficient (Wildman–Crippen LogP) is 4.24. The summed E-state index contributed by atoms with van der Waals surface area (Å²) in [5, 5.41) is 12.6. The van der Waals surface area contributed by atoms with Gasteiger partial charge in [-0.1, -0.05) is 25.1 Å². The lowest BCUT2D eigenvalue weighted by Gasteiger charge is -2.37. The molecule has 1 saturated heterocycles. The Kier molecular flexibility index (Phi) is 8.76. The maximum atomic E-state index is 13.7. The summed E-state index contributed by atoms with van der Waals surface area (Å²) in [5.41, 5.74) is 1.23. The van der Waals surface area contributed by atoms with Crippen molar-refractivity contribution in [3.8, 4) is 5.75 Å². The Hall–Kier alpha value is -2.84. The molecule has 0 saturated carbocycles. The van der Waals surface area contributed by atoms with Crippen LogP contribution >= 0.6 is 10.6 Å². The van der Waals surface area contributed by atoms with Gasteiger partial charge in [-0.15, -0.1) is 13.2 Å². The molecule has 0 aromatic heterocycles. The monoisotopic (exact) mass is 571 g/mol. The summed E-state index contributed by atoms with van der Waals surface area (Å²) in [7, 11) is -3.27. The molecule has 0 bridgehead atoms. The lowest BCUT2D eigenvalue weighted by molar-refractivity contribution is -0.274. The van der Waals surface area contributed by atoms with Crippen LogP contribution in [0.1, 0.15) is 36.9 Å². The van der Waals surface area contributed by atoms with Crippen LogP contribution < -0.4 is 10.1 Å². The highest BCUT2D eigenvalue weighted by molar-refractivity contribution is 8.25. The number of aliphatic hydroxyl groups excluding tert-OH is 1. The van der Waals surface area contributed by atoms with Gasteiger partial charge in [-0.05, 0) is 48.2 Å². The number of nitrogens with zero attached hydrogens (tertiary/aromatic N) is 2. The van der Waals surface area contributed by atoms with E-state index >= 15 is 0 Å². The van der Waals surface area contributed by atoms with E-state index in [0.29, 0.717) is 50.1 Å². The number of aliphatic hydroxyl groups is 1. The van der Waals surface area contributed by atoms with E-state index in [1.165, 1.54) is 30.3 Å². The van der Waals surface area contributed by atoms with Crippen molar-refractivity contribution in [2.75, 3.05) is 37.2 Å². The summed E-state index contributed by atoms with van der Waals surface area (Å²) < 4.78 is 63.4. The van der Waals surface area contributed by atoms with Crippen LogP contribution in [-0.2, 0) is 16.0 Å². The summed E-state index contributed by atoms with van der Waals surface area (Å²) in [4.78, 5) is 29.4. The quantitative estimate of drug-likeness (QED) is 0.355. The number of rotatable bonds is 9. The first-order valence-electron chi connectivity index (χ1n) is 12.6. The molecule has 2 heterocycles. The van der Waals surface area contributed by atoms with E-state index in [-0.39, 0.29) is 28.7 Å². The fourth-order valence-electron chi connectivity index (χ4n) is 5.01. The largest absolute Gasteiger partial charge is 0.573 e. The number of hydrogen-bond acceptors (Lipinski definition) is 7. The fourth-order valence-corrected chi connectivity index (χ4v) is 6.35. The number of halogens is 3. The van der Waals surface area contributed by atoms with Crippen LogP contribution in [-0.4, -0.2) is 80.2 Å². The Morgan fingerprint density at radius 2 is 2.03 bits per heavy atom. The zero-order chi connectivity index (χ0) is 28.4. The van der Waals surface area contributed by atoms with Gasteiger partial charge < -0.3 is 20.1 Å². The molecule has 1 unspecified atom stereocenters. The van der Waals surface area contributed by atoms with Crippen LogP contribution in [0.3, 0.4) is 0 Å². The predicted molar refractivity (Wildman–Crippen MR) is 140 cm³/mol. The third-order valence-electron chi connectivity index (χ3n) is 6.67. The van der Waals surface area contributed by atoms with Crippen LogP contribution in [0, 0.1) is 0 Å². The average molecular weight is 572 g/mol. The zero-order valence-corrected chi connectivity index (χ0v) is 22.2. The van der Waals surface area contributed by atoms with Gasteiger partial charge in [-0.25, -0.2) is 0 Å².